The fourth-order valence-electron chi connectivity index (χ4n) is 1.24. The van der Waals surface area contributed by atoms with Gasteiger partial charge in [-0.05, 0) is 25.0 Å². The van der Waals surface area contributed by atoms with Crippen molar-refractivity contribution in [1.82, 2.24) is 5.73 Å². The van der Waals surface area contributed by atoms with Crippen molar-refractivity contribution < 1.29 is 4.79 Å². The maximum absolute atomic E-state index is 10.5. The van der Waals surface area contributed by atoms with Crippen molar-refractivity contribution in [2.45, 2.75) is 25.8 Å². The summed E-state index contributed by atoms with van der Waals surface area (Å²) in [5.41, 5.74) is 14.3. The van der Waals surface area contributed by atoms with E-state index in [1.54, 1.807) is 0 Å². The van der Waals surface area contributed by atoms with Gasteiger partial charge in [0.2, 0.25) is 5.91 Å². The largest absolute Gasteiger partial charge is 0.322 e. The minimum atomic E-state index is -0.565. The molecule has 0 saturated heterocycles. The highest BCUT2D eigenvalue weighted by atomic mass is 16.1. The lowest BCUT2D eigenvalue weighted by Gasteiger charge is -2.19. The van der Waals surface area contributed by atoms with E-state index in [0.29, 0.717) is 0 Å². The van der Waals surface area contributed by atoms with Crippen molar-refractivity contribution in [2.24, 2.45) is 5.73 Å². The van der Waals surface area contributed by atoms with Crippen LogP contribution in [0.3, 0.4) is 0 Å². The molecule has 3 heteroatoms. The number of benzene rings is 1. The maximum atomic E-state index is 10.5. The van der Waals surface area contributed by atoms with E-state index in [1.807, 2.05) is 38.1 Å². The summed E-state index contributed by atoms with van der Waals surface area (Å²) >= 11 is 0. The highest BCUT2D eigenvalue weighted by Gasteiger charge is 2.13. The van der Waals surface area contributed by atoms with Gasteiger partial charge in [-0.2, -0.15) is 0 Å². The average Bonchev–Trinajstić information content (AvgIpc) is 2.02. The summed E-state index contributed by atoms with van der Waals surface area (Å²) in [6.07, 6.45) is 0.172. The van der Waals surface area contributed by atoms with E-state index in [1.165, 1.54) is 0 Å². The van der Waals surface area contributed by atoms with Crippen LogP contribution in [0, 0.1) is 0 Å². The van der Waals surface area contributed by atoms with E-state index in [2.05, 4.69) is 0 Å². The Kier molecular flexibility index (Phi) is 2.91. The predicted octanol–water partition coefficient (Wildman–Crippen LogP) is 1.23. The zero-order valence-corrected chi connectivity index (χ0v) is 8.50. The average molecular weight is 191 g/mol. The molecule has 0 bridgehead atoms. The van der Waals surface area contributed by atoms with Crippen molar-refractivity contribution in [3.05, 3.63) is 35.4 Å². The van der Waals surface area contributed by atoms with E-state index < -0.39 is 5.91 Å². The van der Waals surface area contributed by atoms with Crippen LogP contribution in [0.2, 0.25) is 0 Å². The smallest absolute Gasteiger partial charge is 0.242 e. The molecule has 0 saturated carbocycles. The molecule has 1 amide bonds. The Morgan fingerprint density at radius 1 is 1.36 bits per heavy atom. The normalized spacial score (nSPS) is 11.4. The predicted molar refractivity (Wildman–Crippen MR) is 55.5 cm³/mol. The lowest BCUT2D eigenvalue weighted by molar-refractivity contribution is -0.118. The van der Waals surface area contributed by atoms with Gasteiger partial charge in [0.05, 0.1) is 6.42 Å². The van der Waals surface area contributed by atoms with Gasteiger partial charge in [-0.15, -0.1) is 0 Å². The molecule has 0 aromatic heterocycles. The summed E-state index contributed by atoms with van der Waals surface area (Å²) < 4.78 is 0. The fraction of sp³-hybridized carbons (Fsp3) is 0.364. The Morgan fingerprint density at radius 2 is 1.86 bits per heavy atom. The van der Waals surface area contributed by atoms with Gasteiger partial charge in [0.15, 0.2) is 0 Å². The molecule has 1 rings (SSSR count). The number of carbonyl (C=O) groups excluding carboxylic acids is 1. The van der Waals surface area contributed by atoms with Crippen molar-refractivity contribution in [3.8, 4) is 0 Å². The number of nitrogens with two attached hydrogens (primary N) is 1. The van der Waals surface area contributed by atoms with Crippen LogP contribution in [0.25, 0.3) is 0 Å². The topological polar surface area (TPSA) is 66.9 Å². The number of nitrogens with one attached hydrogen (secondary N) is 1. The summed E-state index contributed by atoms with van der Waals surface area (Å²) in [6, 6.07) is 7.49. The van der Waals surface area contributed by atoms with E-state index in [4.69, 9.17) is 11.5 Å². The first-order valence-electron chi connectivity index (χ1n) is 4.52. The van der Waals surface area contributed by atoms with E-state index in [-0.39, 0.29) is 12.0 Å². The molecule has 0 unspecified atom stereocenters. The first-order valence-corrected chi connectivity index (χ1v) is 4.52. The zero-order chi connectivity index (χ0) is 10.8. The Balaban J connectivity index is 2.84. The van der Waals surface area contributed by atoms with Crippen LogP contribution in [-0.2, 0) is 16.8 Å². The fourth-order valence-corrected chi connectivity index (χ4v) is 1.24. The second-order valence-electron chi connectivity index (χ2n) is 4.02. The second-order valence-corrected chi connectivity index (χ2v) is 4.02. The van der Waals surface area contributed by atoms with Crippen LogP contribution in [0.4, 0.5) is 0 Å². The molecule has 75 valence electrons. The van der Waals surface area contributed by atoms with Crippen LogP contribution in [-0.4, -0.2) is 5.91 Å². The van der Waals surface area contributed by atoms with Gasteiger partial charge in [0, 0.05) is 5.54 Å². The third-order valence-electron chi connectivity index (χ3n) is 2.06. The third kappa shape index (κ3) is 2.85. The van der Waals surface area contributed by atoms with Crippen LogP contribution in [0.15, 0.2) is 24.3 Å². The molecule has 0 atom stereocenters. The second kappa shape index (κ2) is 3.80. The molecule has 0 aliphatic heterocycles. The molecule has 0 spiro atoms. The van der Waals surface area contributed by atoms with Crippen molar-refractivity contribution in [3.63, 3.8) is 0 Å². The molecule has 0 fully saturated rings. The van der Waals surface area contributed by atoms with Crippen LogP contribution in [0.5, 0.6) is 0 Å². The lowest BCUT2D eigenvalue weighted by atomic mass is 9.94. The van der Waals surface area contributed by atoms with Crippen molar-refractivity contribution in [1.29, 1.82) is 0 Å². The lowest BCUT2D eigenvalue weighted by Crippen LogP contribution is -2.28. The molecular weight excluding hydrogens is 176 g/mol. The van der Waals surface area contributed by atoms with Gasteiger partial charge >= 0.3 is 0 Å². The Morgan fingerprint density at radius 3 is 2.21 bits per heavy atom. The molecule has 3 N–H and O–H groups in total. The number of hydrogen-bond donors (Lipinski definition) is 1. The molecular formula is C11H15N2O. The molecule has 3 nitrogen and oxygen atoms in total. The van der Waals surface area contributed by atoms with E-state index >= 15 is 0 Å². The first-order chi connectivity index (χ1) is 6.39. The summed E-state index contributed by atoms with van der Waals surface area (Å²) in [6.45, 7) is 3.86. The molecule has 0 aliphatic carbocycles. The summed E-state index contributed by atoms with van der Waals surface area (Å²) in [5.74, 6) is -0.565. The van der Waals surface area contributed by atoms with Crippen LogP contribution in [0.1, 0.15) is 25.0 Å². The Hall–Kier alpha value is -1.35. The standard InChI is InChI=1S/C11H15N2O/c1-11(2,13)9-5-3-8(4-6-9)7-10(12)14/h3-6,12H,7,13H2,1-2H3. The molecule has 0 heterocycles. The summed E-state index contributed by atoms with van der Waals surface area (Å²) in [4.78, 5) is 10.5. The van der Waals surface area contributed by atoms with Gasteiger partial charge in [-0.25, -0.2) is 0 Å². The maximum Gasteiger partial charge on any atom is 0.242 e. The van der Waals surface area contributed by atoms with Crippen molar-refractivity contribution >= 4 is 5.91 Å². The molecule has 14 heavy (non-hydrogen) atoms. The van der Waals surface area contributed by atoms with Crippen LogP contribution >= 0.6 is 0 Å². The van der Waals surface area contributed by atoms with E-state index in [9.17, 15) is 4.79 Å². The van der Waals surface area contributed by atoms with Gasteiger partial charge in [-0.3, -0.25) is 10.5 Å². The molecule has 1 aromatic carbocycles. The summed E-state index contributed by atoms with van der Waals surface area (Å²) in [7, 11) is 0. The Labute approximate surface area is 84.1 Å². The minimum Gasteiger partial charge on any atom is -0.322 e. The highest BCUT2D eigenvalue weighted by Crippen LogP contribution is 2.17. The monoisotopic (exact) mass is 191 g/mol. The number of carbonyl (C=O) groups is 1. The molecule has 1 aromatic rings. The van der Waals surface area contributed by atoms with Gasteiger partial charge in [0.25, 0.3) is 0 Å². The molecule has 0 aliphatic rings. The molecule has 1 radical (unpaired) electrons. The van der Waals surface area contributed by atoms with Gasteiger partial charge in [0.1, 0.15) is 0 Å². The van der Waals surface area contributed by atoms with Gasteiger partial charge < -0.3 is 5.73 Å². The van der Waals surface area contributed by atoms with E-state index in [0.717, 1.165) is 11.1 Å². The summed E-state index contributed by atoms with van der Waals surface area (Å²) in [5, 5.41) is 0. The Bertz CT molecular complexity index is 322. The van der Waals surface area contributed by atoms with Gasteiger partial charge in [-0.1, -0.05) is 24.3 Å². The van der Waals surface area contributed by atoms with Crippen LogP contribution < -0.4 is 11.5 Å². The number of amides is 1. The third-order valence-corrected chi connectivity index (χ3v) is 2.06. The SMILES string of the molecule is CC(C)(N)c1ccc(CC([NH])=O)cc1. The van der Waals surface area contributed by atoms with Crippen molar-refractivity contribution in [2.75, 3.05) is 0 Å². The highest BCUT2D eigenvalue weighted by molar-refractivity contribution is 5.75. The first kappa shape index (κ1) is 10.7. The quantitative estimate of drug-likeness (QED) is 0.780. The minimum absolute atomic E-state index is 0.172. The number of hydrogen-bond acceptors (Lipinski definition) is 2. The zero-order valence-electron chi connectivity index (χ0n) is 8.50. The number of rotatable bonds is 3.